The van der Waals surface area contributed by atoms with Gasteiger partial charge in [-0.15, -0.1) is 0 Å². The lowest BCUT2D eigenvalue weighted by molar-refractivity contribution is -0.128. The summed E-state index contributed by atoms with van der Waals surface area (Å²) in [6.07, 6.45) is 3.08. The number of aryl methyl sites for hydroxylation is 2. The van der Waals surface area contributed by atoms with E-state index in [4.69, 9.17) is 0 Å². The fourth-order valence-corrected chi connectivity index (χ4v) is 3.21. The number of amides is 2. The number of rotatable bonds is 7. The first-order valence-electron chi connectivity index (χ1n) is 9.15. The zero-order valence-corrected chi connectivity index (χ0v) is 15.4. The second-order valence-electron chi connectivity index (χ2n) is 7.07. The number of hydrogen-bond donors (Lipinski definition) is 1. The predicted molar refractivity (Wildman–Crippen MR) is 98.0 cm³/mol. The van der Waals surface area contributed by atoms with Crippen LogP contribution in [0.1, 0.15) is 51.7 Å². The number of carbonyl (C=O) groups excluding carboxylic acids is 2. The number of nitrogens with zero attached hydrogens (tertiary/aromatic N) is 1. The summed E-state index contributed by atoms with van der Waals surface area (Å²) in [5.41, 5.74) is 3.26. The molecule has 1 N–H and O–H groups in total. The molecule has 1 aromatic rings. The minimum absolute atomic E-state index is 0.0222. The number of para-hydroxylation sites is 1. The third-order valence-electron chi connectivity index (χ3n) is 4.81. The van der Waals surface area contributed by atoms with Crippen LogP contribution in [0.25, 0.3) is 0 Å². The van der Waals surface area contributed by atoms with Gasteiger partial charge in [-0.05, 0) is 36.3 Å². The van der Waals surface area contributed by atoms with Crippen LogP contribution in [0.15, 0.2) is 18.2 Å². The van der Waals surface area contributed by atoms with Crippen molar-refractivity contribution < 1.29 is 9.59 Å². The molecule has 1 atom stereocenters. The zero-order chi connectivity index (χ0) is 17.7. The highest BCUT2D eigenvalue weighted by Gasteiger charge is 2.34. The number of likely N-dealkylation sites (tertiary alicyclic amines) is 1. The fraction of sp³-hybridized carbons (Fsp3) is 0.600. The summed E-state index contributed by atoms with van der Waals surface area (Å²) in [7, 11) is 0. The minimum Gasteiger partial charge on any atom is -0.342 e. The monoisotopic (exact) mass is 330 g/mol. The largest absolute Gasteiger partial charge is 0.342 e. The molecule has 2 rings (SSSR count). The van der Waals surface area contributed by atoms with Gasteiger partial charge in [0.1, 0.15) is 0 Å². The lowest BCUT2D eigenvalue weighted by atomic mass is 10.0. The van der Waals surface area contributed by atoms with E-state index in [-0.39, 0.29) is 17.7 Å². The van der Waals surface area contributed by atoms with Gasteiger partial charge >= 0.3 is 0 Å². The first kappa shape index (κ1) is 18.5. The minimum atomic E-state index is -0.237. The van der Waals surface area contributed by atoms with Crippen molar-refractivity contribution in [1.82, 2.24) is 4.90 Å². The molecule has 4 heteroatoms. The summed E-state index contributed by atoms with van der Waals surface area (Å²) in [4.78, 5) is 26.7. The molecule has 1 saturated heterocycles. The number of benzene rings is 1. The van der Waals surface area contributed by atoms with Gasteiger partial charge in [-0.2, -0.15) is 0 Å². The number of hydrogen-bond acceptors (Lipinski definition) is 2. The summed E-state index contributed by atoms with van der Waals surface area (Å²) in [5, 5.41) is 3.11. The SMILES string of the molecule is CCc1cccc(CC)c1NC(=O)C1CC(=O)N(CCC(C)C)C1. The predicted octanol–water partition coefficient (Wildman–Crippen LogP) is 3.64. The Morgan fingerprint density at radius 3 is 2.42 bits per heavy atom. The van der Waals surface area contributed by atoms with Crippen LogP contribution < -0.4 is 5.32 Å². The smallest absolute Gasteiger partial charge is 0.229 e. The van der Waals surface area contributed by atoms with E-state index in [0.717, 1.165) is 42.6 Å². The Kier molecular flexibility index (Phi) is 6.41. The highest BCUT2D eigenvalue weighted by atomic mass is 16.2. The normalized spacial score (nSPS) is 17.6. The Morgan fingerprint density at radius 2 is 1.88 bits per heavy atom. The van der Waals surface area contributed by atoms with Crippen molar-refractivity contribution in [3.63, 3.8) is 0 Å². The average Bonchev–Trinajstić information content (AvgIpc) is 2.94. The first-order valence-corrected chi connectivity index (χ1v) is 9.15. The van der Waals surface area contributed by atoms with E-state index in [1.54, 1.807) is 0 Å². The molecule has 2 amide bonds. The maximum absolute atomic E-state index is 12.7. The lowest BCUT2D eigenvalue weighted by Crippen LogP contribution is -2.30. The van der Waals surface area contributed by atoms with E-state index in [0.29, 0.717) is 18.9 Å². The van der Waals surface area contributed by atoms with E-state index in [2.05, 4.69) is 45.1 Å². The van der Waals surface area contributed by atoms with Crippen molar-refractivity contribution >= 4 is 17.5 Å². The molecule has 4 nitrogen and oxygen atoms in total. The number of carbonyl (C=O) groups is 2. The molecule has 0 aliphatic carbocycles. The van der Waals surface area contributed by atoms with Crippen LogP contribution in [-0.2, 0) is 22.4 Å². The molecule has 1 aliphatic heterocycles. The van der Waals surface area contributed by atoms with Crippen LogP contribution in [-0.4, -0.2) is 29.8 Å². The van der Waals surface area contributed by atoms with Gasteiger partial charge in [-0.25, -0.2) is 0 Å². The topological polar surface area (TPSA) is 49.4 Å². The molecule has 1 unspecified atom stereocenters. The quantitative estimate of drug-likeness (QED) is 0.830. The molecule has 1 aliphatic rings. The lowest BCUT2D eigenvalue weighted by Gasteiger charge is -2.19. The number of nitrogens with one attached hydrogen (secondary N) is 1. The molecule has 0 saturated carbocycles. The van der Waals surface area contributed by atoms with E-state index >= 15 is 0 Å². The van der Waals surface area contributed by atoms with Crippen LogP contribution in [0, 0.1) is 11.8 Å². The molecular formula is C20H30N2O2. The van der Waals surface area contributed by atoms with Crippen LogP contribution in [0.3, 0.4) is 0 Å². The molecule has 0 spiro atoms. The molecule has 0 radical (unpaired) electrons. The van der Waals surface area contributed by atoms with E-state index in [9.17, 15) is 9.59 Å². The Labute approximate surface area is 145 Å². The molecular weight excluding hydrogens is 300 g/mol. The standard InChI is InChI=1S/C20H30N2O2/c1-5-15-8-7-9-16(6-2)19(15)21-20(24)17-12-18(23)22(13-17)11-10-14(3)4/h7-9,14,17H,5-6,10-13H2,1-4H3,(H,21,24). The maximum Gasteiger partial charge on any atom is 0.229 e. The second-order valence-corrected chi connectivity index (χ2v) is 7.07. The molecule has 1 fully saturated rings. The summed E-state index contributed by atoms with van der Waals surface area (Å²) < 4.78 is 0. The van der Waals surface area contributed by atoms with Gasteiger partial charge in [-0.1, -0.05) is 45.9 Å². The maximum atomic E-state index is 12.7. The molecule has 1 aromatic carbocycles. The summed E-state index contributed by atoms with van der Waals surface area (Å²) in [6.45, 7) is 9.80. The van der Waals surface area contributed by atoms with Gasteiger partial charge in [-0.3, -0.25) is 9.59 Å². The number of anilines is 1. The van der Waals surface area contributed by atoms with Crippen molar-refractivity contribution in [3.05, 3.63) is 29.3 Å². The Morgan fingerprint density at radius 1 is 1.25 bits per heavy atom. The van der Waals surface area contributed by atoms with Crippen LogP contribution in [0.4, 0.5) is 5.69 Å². The molecule has 132 valence electrons. The first-order chi connectivity index (χ1) is 11.5. The molecule has 0 bridgehead atoms. The van der Waals surface area contributed by atoms with Gasteiger partial charge in [0.25, 0.3) is 0 Å². The van der Waals surface area contributed by atoms with Crippen molar-refractivity contribution in [2.75, 3.05) is 18.4 Å². The zero-order valence-electron chi connectivity index (χ0n) is 15.4. The van der Waals surface area contributed by atoms with Gasteiger partial charge in [0.2, 0.25) is 11.8 Å². The Balaban J connectivity index is 2.05. The van der Waals surface area contributed by atoms with Crippen LogP contribution in [0.2, 0.25) is 0 Å². The van der Waals surface area contributed by atoms with Crippen molar-refractivity contribution in [1.29, 1.82) is 0 Å². The summed E-state index contributed by atoms with van der Waals surface area (Å²) >= 11 is 0. The molecule has 1 heterocycles. The highest BCUT2D eigenvalue weighted by molar-refractivity contribution is 5.98. The van der Waals surface area contributed by atoms with E-state index in [1.165, 1.54) is 0 Å². The Hall–Kier alpha value is -1.84. The van der Waals surface area contributed by atoms with Crippen LogP contribution in [0.5, 0.6) is 0 Å². The third kappa shape index (κ3) is 4.37. The fourth-order valence-electron chi connectivity index (χ4n) is 3.21. The third-order valence-corrected chi connectivity index (χ3v) is 4.81. The Bertz CT molecular complexity index is 573. The van der Waals surface area contributed by atoms with Gasteiger partial charge in [0.05, 0.1) is 5.92 Å². The van der Waals surface area contributed by atoms with E-state index in [1.807, 2.05) is 11.0 Å². The highest BCUT2D eigenvalue weighted by Crippen LogP contribution is 2.26. The van der Waals surface area contributed by atoms with E-state index < -0.39 is 0 Å². The van der Waals surface area contributed by atoms with Gasteiger partial charge in [0, 0.05) is 25.2 Å². The molecule has 0 aromatic heterocycles. The van der Waals surface area contributed by atoms with Crippen molar-refractivity contribution in [3.8, 4) is 0 Å². The molecule has 24 heavy (non-hydrogen) atoms. The second kappa shape index (κ2) is 8.32. The average molecular weight is 330 g/mol. The summed E-state index contributed by atoms with van der Waals surface area (Å²) in [5.74, 6) is 0.412. The van der Waals surface area contributed by atoms with Crippen molar-refractivity contribution in [2.45, 2.75) is 53.4 Å². The van der Waals surface area contributed by atoms with Crippen LogP contribution >= 0.6 is 0 Å². The van der Waals surface area contributed by atoms with Crippen molar-refractivity contribution in [2.24, 2.45) is 11.8 Å². The van der Waals surface area contributed by atoms with Gasteiger partial charge < -0.3 is 10.2 Å². The van der Waals surface area contributed by atoms with Gasteiger partial charge in [0.15, 0.2) is 0 Å². The summed E-state index contributed by atoms with van der Waals surface area (Å²) in [6, 6.07) is 6.16.